The third-order valence-corrected chi connectivity index (χ3v) is 2.90. The Hall–Kier alpha value is -1.09. The maximum Gasteiger partial charge on any atom is 0.328 e. The summed E-state index contributed by atoms with van der Waals surface area (Å²) in [7, 11) is 0. The minimum absolute atomic E-state index is 0.914. The summed E-state index contributed by atoms with van der Waals surface area (Å²) < 4.78 is 0. The van der Waals surface area contributed by atoms with Crippen LogP contribution in [0.1, 0.15) is 23.1 Å². The van der Waals surface area contributed by atoms with Gasteiger partial charge in [-0.15, -0.1) is 0 Å². The number of aliphatic carboxylic acids is 1. The van der Waals surface area contributed by atoms with Gasteiger partial charge in [-0.3, -0.25) is 0 Å². The number of hydrogen-bond donors (Lipinski definition) is 1. The number of carbonyl (C=O) groups is 1. The van der Waals surface area contributed by atoms with Crippen molar-refractivity contribution in [1.82, 2.24) is 0 Å². The van der Waals surface area contributed by atoms with E-state index >= 15 is 0 Å². The number of carboxylic acid groups (broad SMARTS) is 1. The topological polar surface area (TPSA) is 37.3 Å². The van der Waals surface area contributed by atoms with Gasteiger partial charge in [-0.25, -0.2) is 4.79 Å². The molecule has 0 atom stereocenters. The van der Waals surface area contributed by atoms with Crippen LogP contribution < -0.4 is 0 Å². The number of alkyl halides is 1. The average molecular weight is 283 g/mol. The number of carboxylic acids is 1. The van der Waals surface area contributed by atoms with Gasteiger partial charge in [0.1, 0.15) is 0 Å². The third-order valence-electron chi connectivity index (χ3n) is 2.34. The number of halogens is 1. The van der Waals surface area contributed by atoms with Gasteiger partial charge < -0.3 is 5.11 Å². The Morgan fingerprint density at radius 1 is 1.50 bits per heavy atom. The Morgan fingerprint density at radius 2 is 2.25 bits per heavy atom. The van der Waals surface area contributed by atoms with Crippen LogP contribution >= 0.6 is 15.9 Å². The van der Waals surface area contributed by atoms with Crippen molar-refractivity contribution in [3.8, 4) is 0 Å². The second-order valence-electron chi connectivity index (χ2n) is 3.66. The predicted molar refractivity (Wildman–Crippen MR) is 70.0 cm³/mol. The highest BCUT2D eigenvalue weighted by molar-refractivity contribution is 9.09. The molecule has 0 aliphatic carbocycles. The molecular weight excluding hydrogens is 268 g/mol. The van der Waals surface area contributed by atoms with Gasteiger partial charge >= 0.3 is 5.97 Å². The van der Waals surface area contributed by atoms with Crippen molar-refractivity contribution in [1.29, 1.82) is 0 Å². The van der Waals surface area contributed by atoms with Crippen molar-refractivity contribution in [3.05, 3.63) is 41.0 Å². The van der Waals surface area contributed by atoms with E-state index in [1.165, 1.54) is 11.6 Å². The highest BCUT2D eigenvalue weighted by Gasteiger charge is 1.98. The molecule has 0 radical (unpaired) electrons. The largest absolute Gasteiger partial charge is 0.478 e. The zero-order valence-electron chi connectivity index (χ0n) is 9.24. The first-order valence-electron chi connectivity index (χ1n) is 5.20. The maximum atomic E-state index is 10.4. The van der Waals surface area contributed by atoms with Crippen molar-refractivity contribution < 1.29 is 9.90 Å². The number of benzene rings is 1. The minimum atomic E-state index is -0.914. The monoisotopic (exact) mass is 282 g/mol. The molecule has 0 saturated heterocycles. The van der Waals surface area contributed by atoms with Crippen molar-refractivity contribution in [3.63, 3.8) is 0 Å². The first kappa shape index (κ1) is 13.0. The van der Waals surface area contributed by atoms with Gasteiger partial charge in [-0.2, -0.15) is 0 Å². The normalized spacial score (nSPS) is 10.9. The van der Waals surface area contributed by atoms with Crippen molar-refractivity contribution in [2.45, 2.75) is 19.8 Å². The van der Waals surface area contributed by atoms with Crippen LogP contribution in [0.2, 0.25) is 0 Å². The van der Waals surface area contributed by atoms with Crippen LogP contribution in [0.4, 0.5) is 0 Å². The van der Waals surface area contributed by atoms with Crippen molar-refractivity contribution >= 4 is 28.0 Å². The van der Waals surface area contributed by atoms with E-state index in [0.717, 1.165) is 29.3 Å². The molecule has 1 aromatic carbocycles. The molecule has 0 saturated carbocycles. The minimum Gasteiger partial charge on any atom is -0.478 e. The summed E-state index contributed by atoms with van der Waals surface area (Å²) in [5.74, 6) is -0.914. The lowest BCUT2D eigenvalue weighted by molar-refractivity contribution is -0.131. The first-order chi connectivity index (χ1) is 7.63. The second kappa shape index (κ2) is 6.48. The van der Waals surface area contributed by atoms with Gasteiger partial charge in [-0.1, -0.05) is 34.1 Å². The van der Waals surface area contributed by atoms with Crippen LogP contribution in [0.15, 0.2) is 24.3 Å². The summed E-state index contributed by atoms with van der Waals surface area (Å²) in [5.41, 5.74) is 3.37. The molecule has 0 heterocycles. The van der Waals surface area contributed by atoms with Gasteiger partial charge in [0.05, 0.1) is 0 Å². The van der Waals surface area contributed by atoms with E-state index in [2.05, 4.69) is 28.1 Å². The second-order valence-corrected chi connectivity index (χ2v) is 4.45. The summed E-state index contributed by atoms with van der Waals surface area (Å²) >= 11 is 3.40. The molecule has 16 heavy (non-hydrogen) atoms. The van der Waals surface area contributed by atoms with E-state index in [0.29, 0.717) is 0 Å². The van der Waals surface area contributed by atoms with Crippen LogP contribution in [0, 0.1) is 6.92 Å². The summed E-state index contributed by atoms with van der Waals surface area (Å²) in [6.45, 7) is 2.00. The lowest BCUT2D eigenvalue weighted by Gasteiger charge is -2.04. The van der Waals surface area contributed by atoms with Crippen LogP contribution in [-0.2, 0) is 11.2 Å². The fourth-order valence-electron chi connectivity index (χ4n) is 1.51. The first-order valence-corrected chi connectivity index (χ1v) is 6.32. The Balaban J connectivity index is 2.79. The highest BCUT2D eigenvalue weighted by atomic mass is 79.9. The van der Waals surface area contributed by atoms with E-state index in [1.807, 2.05) is 13.0 Å². The lowest BCUT2D eigenvalue weighted by atomic mass is 10.0. The van der Waals surface area contributed by atoms with E-state index in [9.17, 15) is 4.79 Å². The summed E-state index contributed by atoms with van der Waals surface area (Å²) in [6.07, 6.45) is 4.96. The Morgan fingerprint density at radius 3 is 2.81 bits per heavy atom. The quantitative estimate of drug-likeness (QED) is 0.664. The maximum absolute atomic E-state index is 10.4. The molecule has 3 heteroatoms. The van der Waals surface area contributed by atoms with Gasteiger partial charge in [0.2, 0.25) is 0 Å². The summed E-state index contributed by atoms with van der Waals surface area (Å²) in [4.78, 5) is 10.4. The fraction of sp³-hybridized carbons (Fsp3) is 0.308. The molecule has 86 valence electrons. The highest BCUT2D eigenvalue weighted by Crippen LogP contribution is 2.14. The molecule has 0 aliphatic heterocycles. The van der Waals surface area contributed by atoms with Gasteiger partial charge in [-0.05, 0) is 42.5 Å². The Labute approximate surface area is 104 Å². The van der Waals surface area contributed by atoms with E-state index in [4.69, 9.17) is 5.11 Å². The molecule has 0 bridgehead atoms. The zero-order valence-corrected chi connectivity index (χ0v) is 10.8. The van der Waals surface area contributed by atoms with Gasteiger partial charge in [0.15, 0.2) is 0 Å². The lowest BCUT2D eigenvalue weighted by Crippen LogP contribution is -1.90. The molecule has 1 rings (SSSR count). The molecule has 0 aliphatic rings. The molecule has 1 aromatic rings. The molecule has 1 N–H and O–H groups in total. The third kappa shape index (κ3) is 4.19. The van der Waals surface area contributed by atoms with E-state index < -0.39 is 5.97 Å². The van der Waals surface area contributed by atoms with Gasteiger partial charge in [0, 0.05) is 11.4 Å². The van der Waals surface area contributed by atoms with Crippen LogP contribution in [0.5, 0.6) is 0 Å². The van der Waals surface area contributed by atoms with Gasteiger partial charge in [0.25, 0.3) is 0 Å². The van der Waals surface area contributed by atoms with E-state index in [1.54, 1.807) is 6.08 Å². The summed E-state index contributed by atoms with van der Waals surface area (Å²) in [6, 6.07) is 6.14. The Kier molecular flexibility index (Phi) is 5.26. The SMILES string of the molecule is Cc1cc(CCCBr)ccc1/C=C/C(=O)O. The Bertz CT molecular complexity index is 397. The fourth-order valence-corrected chi connectivity index (χ4v) is 1.79. The van der Waals surface area contributed by atoms with Crippen molar-refractivity contribution in [2.75, 3.05) is 5.33 Å². The van der Waals surface area contributed by atoms with Crippen LogP contribution in [0.25, 0.3) is 6.08 Å². The number of hydrogen-bond acceptors (Lipinski definition) is 1. The number of aryl methyl sites for hydroxylation is 2. The standard InChI is InChI=1S/C13H15BrO2/c1-10-9-11(3-2-8-14)4-5-12(10)6-7-13(15)16/h4-7,9H,2-3,8H2,1H3,(H,15,16)/b7-6+. The molecule has 0 amide bonds. The van der Waals surface area contributed by atoms with Crippen LogP contribution in [-0.4, -0.2) is 16.4 Å². The smallest absolute Gasteiger partial charge is 0.328 e. The summed E-state index contributed by atoms with van der Waals surface area (Å²) in [5, 5.41) is 9.55. The molecule has 0 fully saturated rings. The number of rotatable bonds is 5. The van der Waals surface area contributed by atoms with E-state index in [-0.39, 0.29) is 0 Å². The van der Waals surface area contributed by atoms with Crippen LogP contribution in [0.3, 0.4) is 0 Å². The average Bonchev–Trinajstić information content (AvgIpc) is 2.24. The zero-order chi connectivity index (χ0) is 12.0. The van der Waals surface area contributed by atoms with Crippen molar-refractivity contribution in [2.24, 2.45) is 0 Å². The molecule has 2 nitrogen and oxygen atoms in total. The molecule has 0 unspecified atom stereocenters. The molecule has 0 aromatic heterocycles. The molecule has 0 spiro atoms. The molecular formula is C13H15BrO2. The predicted octanol–water partition coefficient (Wildman–Crippen LogP) is 3.42.